The van der Waals surface area contributed by atoms with Crippen molar-refractivity contribution in [2.75, 3.05) is 0 Å². The third kappa shape index (κ3) is 3.69. The largest absolute Gasteiger partial charge is 0.346 e. The molecule has 0 fully saturated rings. The smallest absolute Gasteiger partial charge is 0.271 e. The Morgan fingerprint density at radius 1 is 1.48 bits per heavy atom. The van der Waals surface area contributed by atoms with Gasteiger partial charge in [-0.2, -0.15) is 0 Å². The Labute approximate surface area is 133 Å². The van der Waals surface area contributed by atoms with Crippen LogP contribution in [0.1, 0.15) is 21.1 Å². The van der Waals surface area contributed by atoms with Gasteiger partial charge in [0.05, 0.1) is 37.8 Å². The van der Waals surface area contributed by atoms with E-state index in [0.29, 0.717) is 5.69 Å². The number of benzene rings is 1. The minimum absolute atomic E-state index is 0.0192. The number of nitrogens with one attached hydrogen (secondary N) is 1. The van der Waals surface area contributed by atoms with Crippen molar-refractivity contribution >= 4 is 46.1 Å². The summed E-state index contributed by atoms with van der Waals surface area (Å²) in [6.45, 7) is 2.06. The maximum Gasteiger partial charge on any atom is 0.271 e. The van der Waals surface area contributed by atoms with Gasteiger partial charge >= 0.3 is 0 Å². The Hall–Kier alpha value is -1.70. The summed E-state index contributed by atoms with van der Waals surface area (Å²) < 4.78 is 0. The molecule has 1 heterocycles. The number of aryl methyl sites for hydroxylation is 1. The summed E-state index contributed by atoms with van der Waals surface area (Å²) in [5.74, 6) is -0.545. The molecule has 110 valence electrons. The maximum atomic E-state index is 12.1. The van der Waals surface area contributed by atoms with Gasteiger partial charge < -0.3 is 5.32 Å². The van der Waals surface area contributed by atoms with Crippen molar-refractivity contribution in [3.63, 3.8) is 0 Å². The SMILES string of the molecule is Cc1nc(CNC(=O)c2cc([N+](=O)[O-])cc(Cl)c2Cl)cs1. The molecule has 1 N–H and O–H groups in total. The second-order valence-electron chi connectivity index (χ2n) is 4.09. The molecular weight excluding hydrogens is 337 g/mol. The van der Waals surface area contributed by atoms with Crippen molar-refractivity contribution in [2.45, 2.75) is 13.5 Å². The molecule has 21 heavy (non-hydrogen) atoms. The molecule has 0 aliphatic heterocycles. The molecule has 0 atom stereocenters. The van der Waals surface area contributed by atoms with Gasteiger partial charge in [-0.1, -0.05) is 23.2 Å². The van der Waals surface area contributed by atoms with Crippen molar-refractivity contribution < 1.29 is 9.72 Å². The zero-order chi connectivity index (χ0) is 15.6. The molecular formula is C12H9Cl2N3O3S. The van der Waals surface area contributed by atoms with E-state index in [2.05, 4.69) is 10.3 Å². The lowest BCUT2D eigenvalue weighted by Gasteiger charge is -2.06. The van der Waals surface area contributed by atoms with Gasteiger partial charge in [0.15, 0.2) is 0 Å². The second kappa shape index (κ2) is 6.38. The van der Waals surface area contributed by atoms with Crippen LogP contribution in [0.25, 0.3) is 0 Å². The average molecular weight is 346 g/mol. The van der Waals surface area contributed by atoms with Crippen LogP contribution in [-0.2, 0) is 6.54 Å². The Kier molecular flexibility index (Phi) is 4.76. The van der Waals surface area contributed by atoms with Crippen LogP contribution in [0, 0.1) is 17.0 Å². The summed E-state index contributed by atoms with van der Waals surface area (Å²) in [5.41, 5.74) is 0.375. The number of hydrogen-bond donors (Lipinski definition) is 1. The summed E-state index contributed by atoms with van der Waals surface area (Å²) in [6, 6.07) is 2.19. The molecule has 0 saturated heterocycles. The number of nitro groups is 1. The number of amides is 1. The van der Waals surface area contributed by atoms with E-state index in [1.807, 2.05) is 12.3 Å². The molecule has 9 heteroatoms. The van der Waals surface area contributed by atoms with Crippen LogP contribution >= 0.6 is 34.5 Å². The van der Waals surface area contributed by atoms with Crippen LogP contribution in [0.15, 0.2) is 17.5 Å². The van der Waals surface area contributed by atoms with Crippen molar-refractivity contribution in [3.05, 3.63) is 53.9 Å². The lowest BCUT2D eigenvalue weighted by molar-refractivity contribution is -0.384. The lowest BCUT2D eigenvalue weighted by atomic mass is 10.2. The quantitative estimate of drug-likeness (QED) is 0.677. The first-order valence-corrected chi connectivity index (χ1v) is 7.34. The van der Waals surface area contributed by atoms with Gasteiger partial charge in [-0.25, -0.2) is 4.98 Å². The summed E-state index contributed by atoms with van der Waals surface area (Å²) in [6.07, 6.45) is 0. The van der Waals surface area contributed by atoms with E-state index in [-0.39, 0.29) is 27.8 Å². The van der Waals surface area contributed by atoms with Crippen molar-refractivity contribution in [2.24, 2.45) is 0 Å². The summed E-state index contributed by atoms with van der Waals surface area (Å²) >= 11 is 13.2. The highest BCUT2D eigenvalue weighted by Crippen LogP contribution is 2.30. The van der Waals surface area contributed by atoms with Gasteiger partial charge in [-0.15, -0.1) is 11.3 Å². The number of aromatic nitrogens is 1. The van der Waals surface area contributed by atoms with Gasteiger partial charge in [0.2, 0.25) is 0 Å². The highest BCUT2D eigenvalue weighted by atomic mass is 35.5. The van der Waals surface area contributed by atoms with Crippen LogP contribution < -0.4 is 5.32 Å². The first-order chi connectivity index (χ1) is 9.88. The van der Waals surface area contributed by atoms with E-state index >= 15 is 0 Å². The van der Waals surface area contributed by atoms with Gasteiger partial charge in [-0.05, 0) is 6.92 Å². The summed E-state index contributed by atoms with van der Waals surface area (Å²) in [5, 5.41) is 16.0. The van der Waals surface area contributed by atoms with Gasteiger partial charge in [0.25, 0.3) is 11.6 Å². The average Bonchev–Trinajstić information content (AvgIpc) is 2.84. The Morgan fingerprint density at radius 3 is 2.76 bits per heavy atom. The highest BCUT2D eigenvalue weighted by molar-refractivity contribution is 7.09. The number of nitrogens with zero attached hydrogens (tertiary/aromatic N) is 2. The fourth-order valence-corrected chi connectivity index (χ4v) is 2.62. The van der Waals surface area contributed by atoms with Gasteiger partial charge in [0, 0.05) is 17.5 Å². The molecule has 6 nitrogen and oxygen atoms in total. The maximum absolute atomic E-state index is 12.1. The summed E-state index contributed by atoms with van der Waals surface area (Å²) in [4.78, 5) is 26.4. The third-order valence-corrected chi connectivity index (χ3v) is 4.19. The van der Waals surface area contributed by atoms with Gasteiger partial charge in [-0.3, -0.25) is 14.9 Å². The molecule has 0 saturated carbocycles. The van der Waals surface area contributed by atoms with Crippen LogP contribution in [0.5, 0.6) is 0 Å². The number of thiazole rings is 1. The number of rotatable bonds is 4. The van der Waals surface area contributed by atoms with Crippen LogP contribution in [0.3, 0.4) is 0 Å². The first kappa shape index (κ1) is 15.7. The fourth-order valence-electron chi connectivity index (χ4n) is 1.60. The lowest BCUT2D eigenvalue weighted by Crippen LogP contribution is -2.23. The Bertz CT molecular complexity index is 718. The van der Waals surface area contributed by atoms with E-state index in [9.17, 15) is 14.9 Å². The van der Waals surface area contributed by atoms with E-state index in [4.69, 9.17) is 23.2 Å². The van der Waals surface area contributed by atoms with Crippen molar-refractivity contribution in [1.29, 1.82) is 0 Å². The van der Waals surface area contributed by atoms with E-state index in [0.717, 1.165) is 17.1 Å². The molecule has 1 aromatic heterocycles. The molecule has 1 aromatic carbocycles. The molecule has 2 rings (SSSR count). The van der Waals surface area contributed by atoms with E-state index < -0.39 is 10.8 Å². The van der Waals surface area contributed by atoms with Crippen LogP contribution in [-0.4, -0.2) is 15.8 Å². The summed E-state index contributed by atoms with van der Waals surface area (Å²) in [7, 11) is 0. The zero-order valence-electron chi connectivity index (χ0n) is 10.7. The molecule has 0 aliphatic rings. The number of carbonyl (C=O) groups excluding carboxylic acids is 1. The number of halogens is 2. The normalized spacial score (nSPS) is 10.4. The molecule has 0 radical (unpaired) electrons. The standard InChI is InChI=1S/C12H9Cl2N3O3S/c1-6-16-7(5-21-6)4-15-12(18)9-2-8(17(19)20)3-10(13)11(9)14/h2-3,5H,4H2,1H3,(H,15,18). The molecule has 2 aromatic rings. The van der Waals surface area contributed by atoms with Crippen molar-refractivity contribution in [3.8, 4) is 0 Å². The Morgan fingerprint density at radius 2 is 2.19 bits per heavy atom. The molecule has 0 bridgehead atoms. The van der Waals surface area contributed by atoms with Crippen LogP contribution in [0.4, 0.5) is 5.69 Å². The number of hydrogen-bond acceptors (Lipinski definition) is 5. The Balaban J connectivity index is 2.20. The topological polar surface area (TPSA) is 85.1 Å². The molecule has 0 unspecified atom stereocenters. The monoisotopic (exact) mass is 345 g/mol. The fraction of sp³-hybridized carbons (Fsp3) is 0.167. The zero-order valence-corrected chi connectivity index (χ0v) is 13.1. The third-order valence-electron chi connectivity index (χ3n) is 2.57. The first-order valence-electron chi connectivity index (χ1n) is 5.71. The minimum Gasteiger partial charge on any atom is -0.346 e. The highest BCUT2D eigenvalue weighted by Gasteiger charge is 2.19. The van der Waals surface area contributed by atoms with E-state index in [1.54, 1.807) is 0 Å². The number of nitro benzene ring substituents is 1. The number of carbonyl (C=O) groups is 1. The molecule has 1 amide bonds. The molecule has 0 spiro atoms. The van der Waals surface area contributed by atoms with Crippen molar-refractivity contribution in [1.82, 2.24) is 10.3 Å². The number of non-ortho nitro benzene ring substituents is 1. The predicted molar refractivity (Wildman–Crippen MR) is 81.1 cm³/mol. The predicted octanol–water partition coefficient (Wildman–Crippen LogP) is 3.60. The van der Waals surface area contributed by atoms with Gasteiger partial charge in [0.1, 0.15) is 0 Å². The minimum atomic E-state index is -0.636. The molecule has 0 aliphatic carbocycles. The van der Waals surface area contributed by atoms with E-state index in [1.165, 1.54) is 11.3 Å². The van der Waals surface area contributed by atoms with Crippen LogP contribution in [0.2, 0.25) is 10.0 Å². The second-order valence-corrected chi connectivity index (χ2v) is 5.93.